The highest BCUT2D eigenvalue weighted by molar-refractivity contribution is 5.82. The summed E-state index contributed by atoms with van der Waals surface area (Å²) < 4.78 is 0. The Balaban J connectivity index is 2.26. The zero-order chi connectivity index (χ0) is 16.4. The summed E-state index contributed by atoms with van der Waals surface area (Å²) >= 11 is 0. The minimum atomic E-state index is 0.0467. The standard InChI is InChI=1S/C15H29N5O2/c1-4-8-17-13(21)6-9-18-15(16-3)19-12-7-10-20(11-12)14(22)5-2/h12H,4-11H2,1-3H3,(H,17,21)(H2,16,18,19). The Morgan fingerprint density at radius 1 is 1.23 bits per heavy atom. The Morgan fingerprint density at radius 3 is 2.64 bits per heavy atom. The van der Waals surface area contributed by atoms with Crippen molar-refractivity contribution in [2.45, 2.75) is 45.6 Å². The topological polar surface area (TPSA) is 85.8 Å². The zero-order valence-corrected chi connectivity index (χ0v) is 13.9. The molecule has 0 radical (unpaired) electrons. The number of carbonyl (C=O) groups excluding carboxylic acids is 2. The van der Waals surface area contributed by atoms with E-state index in [1.165, 1.54) is 0 Å². The van der Waals surface area contributed by atoms with Gasteiger partial charge in [-0.05, 0) is 12.8 Å². The van der Waals surface area contributed by atoms with Crippen molar-refractivity contribution in [3.63, 3.8) is 0 Å². The van der Waals surface area contributed by atoms with Crippen molar-refractivity contribution < 1.29 is 9.59 Å². The Kier molecular flexibility index (Phi) is 8.32. The fraction of sp³-hybridized carbons (Fsp3) is 0.800. The number of hydrogen-bond acceptors (Lipinski definition) is 3. The van der Waals surface area contributed by atoms with E-state index < -0.39 is 0 Å². The fourth-order valence-electron chi connectivity index (χ4n) is 2.36. The van der Waals surface area contributed by atoms with Crippen molar-refractivity contribution in [3.05, 3.63) is 0 Å². The molecule has 1 aliphatic heterocycles. The lowest BCUT2D eigenvalue weighted by molar-refractivity contribution is -0.129. The van der Waals surface area contributed by atoms with Crippen molar-refractivity contribution >= 4 is 17.8 Å². The van der Waals surface area contributed by atoms with E-state index >= 15 is 0 Å². The average molecular weight is 311 g/mol. The minimum absolute atomic E-state index is 0.0467. The van der Waals surface area contributed by atoms with Gasteiger partial charge in [0.25, 0.3) is 0 Å². The summed E-state index contributed by atoms with van der Waals surface area (Å²) in [4.78, 5) is 29.2. The van der Waals surface area contributed by atoms with E-state index in [4.69, 9.17) is 0 Å². The molecule has 1 saturated heterocycles. The van der Waals surface area contributed by atoms with Gasteiger partial charge in [0.2, 0.25) is 11.8 Å². The van der Waals surface area contributed by atoms with Crippen LogP contribution >= 0.6 is 0 Å². The molecule has 22 heavy (non-hydrogen) atoms. The van der Waals surface area contributed by atoms with Gasteiger partial charge in [-0.2, -0.15) is 0 Å². The Labute approximate surface area is 132 Å². The van der Waals surface area contributed by atoms with E-state index in [0.717, 1.165) is 25.9 Å². The Bertz CT molecular complexity index is 397. The molecule has 0 aromatic carbocycles. The number of nitrogens with one attached hydrogen (secondary N) is 3. The van der Waals surface area contributed by atoms with Crippen molar-refractivity contribution in [2.75, 3.05) is 33.2 Å². The lowest BCUT2D eigenvalue weighted by atomic mass is 10.3. The van der Waals surface area contributed by atoms with Gasteiger partial charge in [-0.1, -0.05) is 13.8 Å². The highest BCUT2D eigenvalue weighted by Gasteiger charge is 2.25. The summed E-state index contributed by atoms with van der Waals surface area (Å²) in [6, 6.07) is 0.218. The van der Waals surface area contributed by atoms with Gasteiger partial charge in [-0.25, -0.2) is 0 Å². The fourth-order valence-corrected chi connectivity index (χ4v) is 2.36. The largest absolute Gasteiger partial charge is 0.356 e. The number of aliphatic imine (C=N–C) groups is 1. The van der Waals surface area contributed by atoms with Crippen molar-refractivity contribution in [1.29, 1.82) is 0 Å². The molecular weight excluding hydrogens is 282 g/mol. The normalized spacial score (nSPS) is 18.2. The quantitative estimate of drug-likeness (QED) is 0.459. The van der Waals surface area contributed by atoms with E-state index in [0.29, 0.717) is 31.9 Å². The van der Waals surface area contributed by atoms with Crippen LogP contribution in [0.3, 0.4) is 0 Å². The molecule has 0 aromatic rings. The van der Waals surface area contributed by atoms with Gasteiger partial charge in [0.05, 0.1) is 0 Å². The minimum Gasteiger partial charge on any atom is -0.356 e. The number of hydrogen-bond donors (Lipinski definition) is 3. The number of likely N-dealkylation sites (tertiary alicyclic amines) is 1. The first-order chi connectivity index (χ1) is 10.6. The van der Waals surface area contributed by atoms with Gasteiger partial charge >= 0.3 is 0 Å². The van der Waals surface area contributed by atoms with Gasteiger partial charge in [0, 0.05) is 52.1 Å². The van der Waals surface area contributed by atoms with Gasteiger partial charge in [-0.3, -0.25) is 14.6 Å². The summed E-state index contributed by atoms with van der Waals surface area (Å²) in [5.74, 6) is 0.921. The van der Waals surface area contributed by atoms with Gasteiger partial charge < -0.3 is 20.9 Å². The second-order valence-electron chi connectivity index (χ2n) is 5.42. The van der Waals surface area contributed by atoms with Crippen LogP contribution in [0.5, 0.6) is 0 Å². The lowest BCUT2D eigenvalue weighted by Gasteiger charge is -2.18. The average Bonchev–Trinajstić information content (AvgIpc) is 2.99. The molecule has 1 heterocycles. The van der Waals surface area contributed by atoms with Crippen LogP contribution in [-0.4, -0.2) is 61.9 Å². The summed E-state index contributed by atoms with van der Waals surface area (Å²) in [5.41, 5.74) is 0. The van der Waals surface area contributed by atoms with Crippen LogP contribution in [0.15, 0.2) is 4.99 Å². The Morgan fingerprint density at radius 2 is 2.00 bits per heavy atom. The molecule has 7 heteroatoms. The summed E-state index contributed by atoms with van der Waals surface area (Å²) in [6.45, 7) is 6.67. The molecule has 0 aliphatic carbocycles. The van der Waals surface area contributed by atoms with Crippen LogP contribution in [0.25, 0.3) is 0 Å². The maximum Gasteiger partial charge on any atom is 0.222 e. The van der Waals surface area contributed by atoms with Crippen molar-refractivity contribution in [3.8, 4) is 0 Å². The van der Waals surface area contributed by atoms with E-state index in [1.807, 2.05) is 18.7 Å². The third kappa shape index (κ3) is 6.32. The van der Waals surface area contributed by atoms with Crippen LogP contribution in [0, 0.1) is 0 Å². The number of carbonyl (C=O) groups is 2. The third-order valence-corrected chi connectivity index (χ3v) is 3.62. The van der Waals surface area contributed by atoms with Crippen molar-refractivity contribution in [2.24, 2.45) is 4.99 Å². The molecule has 7 nitrogen and oxygen atoms in total. The maximum atomic E-state index is 11.7. The first kappa shape index (κ1) is 18.3. The smallest absolute Gasteiger partial charge is 0.222 e. The first-order valence-electron chi connectivity index (χ1n) is 8.12. The summed E-state index contributed by atoms with van der Waals surface area (Å²) in [6.07, 6.45) is 2.83. The van der Waals surface area contributed by atoms with Crippen LogP contribution in [0.1, 0.15) is 39.5 Å². The van der Waals surface area contributed by atoms with E-state index in [2.05, 4.69) is 20.9 Å². The third-order valence-electron chi connectivity index (χ3n) is 3.62. The lowest BCUT2D eigenvalue weighted by Crippen LogP contribution is -2.45. The predicted octanol–water partition coefficient (Wildman–Crippen LogP) is 0.0786. The molecule has 2 amide bonds. The monoisotopic (exact) mass is 311 g/mol. The van der Waals surface area contributed by atoms with Gasteiger partial charge in [0.1, 0.15) is 0 Å². The number of amides is 2. The highest BCUT2D eigenvalue weighted by atomic mass is 16.2. The molecular formula is C15H29N5O2. The molecule has 0 aromatic heterocycles. The zero-order valence-electron chi connectivity index (χ0n) is 13.9. The molecule has 126 valence electrons. The van der Waals surface area contributed by atoms with E-state index in [9.17, 15) is 9.59 Å². The summed E-state index contributed by atoms with van der Waals surface area (Å²) in [5, 5.41) is 9.28. The maximum absolute atomic E-state index is 11.7. The SMILES string of the molecule is CCCNC(=O)CCNC(=NC)NC1CCN(C(=O)CC)C1. The predicted molar refractivity (Wildman–Crippen MR) is 87.7 cm³/mol. The first-order valence-corrected chi connectivity index (χ1v) is 8.12. The molecule has 1 rings (SSSR count). The molecule has 1 aliphatic rings. The number of nitrogens with zero attached hydrogens (tertiary/aromatic N) is 2. The number of guanidine groups is 1. The Hall–Kier alpha value is -1.79. The van der Waals surface area contributed by atoms with Crippen molar-refractivity contribution in [1.82, 2.24) is 20.9 Å². The second kappa shape index (κ2) is 10.0. The van der Waals surface area contributed by atoms with Crippen LogP contribution in [0.4, 0.5) is 0 Å². The molecule has 0 saturated carbocycles. The van der Waals surface area contributed by atoms with Gasteiger partial charge in [-0.15, -0.1) is 0 Å². The van der Waals surface area contributed by atoms with Crippen LogP contribution in [0.2, 0.25) is 0 Å². The molecule has 0 bridgehead atoms. The van der Waals surface area contributed by atoms with Crippen LogP contribution < -0.4 is 16.0 Å². The number of rotatable bonds is 7. The molecule has 1 atom stereocenters. The second-order valence-corrected chi connectivity index (χ2v) is 5.42. The summed E-state index contributed by atoms with van der Waals surface area (Å²) in [7, 11) is 1.70. The molecule has 3 N–H and O–H groups in total. The highest BCUT2D eigenvalue weighted by Crippen LogP contribution is 2.10. The molecule has 1 unspecified atom stereocenters. The van der Waals surface area contributed by atoms with Gasteiger partial charge in [0.15, 0.2) is 5.96 Å². The molecule has 1 fully saturated rings. The van der Waals surface area contributed by atoms with E-state index in [1.54, 1.807) is 7.05 Å². The molecule has 0 spiro atoms. The van der Waals surface area contributed by atoms with Crippen LogP contribution in [-0.2, 0) is 9.59 Å². The van der Waals surface area contributed by atoms with E-state index in [-0.39, 0.29) is 17.9 Å².